The number of carboxylic acid groups (broad SMARTS) is 1. The summed E-state index contributed by atoms with van der Waals surface area (Å²) < 4.78 is 5.13. The number of aliphatic carboxylic acids is 1. The van der Waals surface area contributed by atoms with Crippen molar-refractivity contribution in [3.05, 3.63) is 53.6 Å². The summed E-state index contributed by atoms with van der Waals surface area (Å²) in [5.74, 6) is -1.36. The highest BCUT2D eigenvalue weighted by molar-refractivity contribution is 6.03. The lowest BCUT2D eigenvalue weighted by Crippen LogP contribution is -2.28. The van der Waals surface area contributed by atoms with E-state index in [0.29, 0.717) is 18.0 Å². The second-order valence-electron chi connectivity index (χ2n) is 6.89. The predicted molar refractivity (Wildman–Crippen MR) is 105 cm³/mol. The highest BCUT2D eigenvalue weighted by Crippen LogP contribution is 2.27. The summed E-state index contributed by atoms with van der Waals surface area (Å²) in [4.78, 5) is 37.2. The first kappa shape index (κ1) is 19.4. The first-order valence-electron chi connectivity index (χ1n) is 8.96. The van der Waals surface area contributed by atoms with E-state index in [0.717, 1.165) is 16.8 Å². The molecule has 2 aromatic carbocycles. The summed E-state index contributed by atoms with van der Waals surface area (Å²) in [6.07, 6.45) is 0.165. The highest BCUT2D eigenvalue weighted by Gasteiger charge is 2.35. The number of nitrogens with zero attached hydrogens (tertiary/aromatic N) is 1. The molecule has 1 saturated heterocycles. The Morgan fingerprint density at radius 1 is 1.18 bits per heavy atom. The molecule has 1 atom stereocenters. The van der Waals surface area contributed by atoms with Crippen molar-refractivity contribution >= 4 is 29.2 Å². The van der Waals surface area contributed by atoms with Crippen molar-refractivity contribution in [3.8, 4) is 5.75 Å². The number of carbonyl (C=O) groups excluding carboxylic acids is 2. The topological polar surface area (TPSA) is 95.9 Å². The molecule has 7 nitrogen and oxygen atoms in total. The molecule has 0 spiro atoms. The molecule has 0 radical (unpaired) electrons. The van der Waals surface area contributed by atoms with Gasteiger partial charge < -0.3 is 20.1 Å². The van der Waals surface area contributed by atoms with Gasteiger partial charge in [-0.2, -0.15) is 0 Å². The molecule has 0 saturated carbocycles. The Labute approximate surface area is 162 Å². The van der Waals surface area contributed by atoms with E-state index in [9.17, 15) is 14.4 Å². The normalized spacial score (nSPS) is 16.1. The average molecular weight is 382 g/mol. The van der Waals surface area contributed by atoms with Crippen LogP contribution in [0.5, 0.6) is 5.75 Å². The molecule has 0 aromatic heterocycles. The maximum absolute atomic E-state index is 12.6. The molecule has 1 fully saturated rings. The number of ether oxygens (including phenoxy) is 1. The number of hydrogen-bond acceptors (Lipinski definition) is 4. The zero-order valence-electron chi connectivity index (χ0n) is 15.8. The van der Waals surface area contributed by atoms with Crippen LogP contribution in [0.1, 0.15) is 17.5 Å². The molecule has 0 bridgehead atoms. The lowest BCUT2D eigenvalue weighted by molar-refractivity contribution is -0.139. The van der Waals surface area contributed by atoms with Crippen LogP contribution in [-0.2, 0) is 14.4 Å². The lowest BCUT2D eigenvalue weighted by atomic mass is 10.1. The standard InChI is InChI=1S/C21H22N2O5/c1-13-3-5-16(6-4-13)23-11-15(10-19(23)24)21(27)22-18-8-7-17(9-14(18)2)28-12-20(25)26/h3-9,15H,10-12H2,1-2H3,(H,22,27)(H,25,26). The van der Waals surface area contributed by atoms with E-state index in [2.05, 4.69) is 5.32 Å². The summed E-state index contributed by atoms with van der Waals surface area (Å²) in [5.41, 5.74) is 3.25. The monoisotopic (exact) mass is 382 g/mol. The molecule has 1 aliphatic rings. The Morgan fingerprint density at radius 3 is 2.54 bits per heavy atom. The summed E-state index contributed by atoms with van der Waals surface area (Å²) in [7, 11) is 0. The maximum atomic E-state index is 12.6. The molecular formula is C21H22N2O5. The second-order valence-corrected chi connectivity index (χ2v) is 6.89. The Hall–Kier alpha value is -3.35. The number of carboxylic acids is 1. The smallest absolute Gasteiger partial charge is 0.341 e. The third-order valence-electron chi connectivity index (χ3n) is 4.66. The number of rotatable bonds is 6. The summed E-state index contributed by atoms with van der Waals surface area (Å²) in [5, 5.41) is 11.5. The summed E-state index contributed by atoms with van der Waals surface area (Å²) >= 11 is 0. The minimum Gasteiger partial charge on any atom is -0.482 e. The minimum absolute atomic E-state index is 0.0712. The van der Waals surface area contributed by atoms with Crippen molar-refractivity contribution in [2.24, 2.45) is 5.92 Å². The van der Waals surface area contributed by atoms with Crippen LogP contribution in [0.25, 0.3) is 0 Å². The van der Waals surface area contributed by atoms with Crippen molar-refractivity contribution in [3.63, 3.8) is 0 Å². The molecule has 28 heavy (non-hydrogen) atoms. The van der Waals surface area contributed by atoms with Gasteiger partial charge in [-0.25, -0.2) is 4.79 Å². The number of amides is 2. The van der Waals surface area contributed by atoms with Gasteiger partial charge in [0.2, 0.25) is 11.8 Å². The molecule has 2 N–H and O–H groups in total. The molecule has 146 valence electrons. The molecule has 1 unspecified atom stereocenters. The van der Waals surface area contributed by atoms with Crippen LogP contribution < -0.4 is 15.0 Å². The Kier molecular flexibility index (Phi) is 5.63. The Balaban J connectivity index is 1.64. The van der Waals surface area contributed by atoms with Gasteiger partial charge in [0, 0.05) is 24.3 Å². The SMILES string of the molecule is Cc1ccc(N2CC(C(=O)Nc3ccc(OCC(=O)O)cc3C)CC2=O)cc1. The largest absolute Gasteiger partial charge is 0.482 e. The van der Waals surface area contributed by atoms with E-state index in [1.165, 1.54) is 0 Å². The Bertz CT molecular complexity index is 908. The number of nitrogens with one attached hydrogen (secondary N) is 1. The van der Waals surface area contributed by atoms with E-state index in [4.69, 9.17) is 9.84 Å². The van der Waals surface area contributed by atoms with Gasteiger partial charge in [-0.15, -0.1) is 0 Å². The van der Waals surface area contributed by atoms with Crippen molar-refractivity contribution in [2.75, 3.05) is 23.4 Å². The van der Waals surface area contributed by atoms with Gasteiger partial charge in [0.15, 0.2) is 6.61 Å². The summed E-state index contributed by atoms with van der Waals surface area (Å²) in [6.45, 7) is 3.69. The molecule has 1 aliphatic heterocycles. The van der Waals surface area contributed by atoms with Gasteiger partial charge in [0.25, 0.3) is 0 Å². The van der Waals surface area contributed by atoms with E-state index in [1.54, 1.807) is 30.0 Å². The van der Waals surface area contributed by atoms with Crippen molar-refractivity contribution < 1.29 is 24.2 Å². The zero-order valence-corrected chi connectivity index (χ0v) is 15.8. The number of carbonyl (C=O) groups is 3. The van der Waals surface area contributed by atoms with Crippen LogP contribution in [0, 0.1) is 19.8 Å². The van der Waals surface area contributed by atoms with E-state index >= 15 is 0 Å². The molecule has 1 heterocycles. The molecule has 3 rings (SSSR count). The van der Waals surface area contributed by atoms with Crippen LogP contribution >= 0.6 is 0 Å². The van der Waals surface area contributed by atoms with E-state index in [1.807, 2.05) is 31.2 Å². The van der Waals surface area contributed by atoms with Gasteiger partial charge in [-0.05, 0) is 49.7 Å². The van der Waals surface area contributed by atoms with Crippen molar-refractivity contribution in [1.29, 1.82) is 0 Å². The zero-order chi connectivity index (χ0) is 20.3. The van der Waals surface area contributed by atoms with Crippen LogP contribution in [0.15, 0.2) is 42.5 Å². The number of benzene rings is 2. The van der Waals surface area contributed by atoms with E-state index in [-0.39, 0.29) is 18.2 Å². The number of hydrogen-bond donors (Lipinski definition) is 2. The lowest BCUT2D eigenvalue weighted by Gasteiger charge is -2.17. The van der Waals surface area contributed by atoms with Crippen molar-refractivity contribution in [2.45, 2.75) is 20.3 Å². The van der Waals surface area contributed by atoms with E-state index < -0.39 is 18.5 Å². The van der Waals surface area contributed by atoms with Gasteiger partial charge >= 0.3 is 5.97 Å². The highest BCUT2D eigenvalue weighted by atomic mass is 16.5. The first-order valence-corrected chi connectivity index (χ1v) is 8.96. The molecule has 0 aliphatic carbocycles. The Morgan fingerprint density at radius 2 is 1.89 bits per heavy atom. The molecule has 2 amide bonds. The first-order chi connectivity index (χ1) is 13.3. The molecular weight excluding hydrogens is 360 g/mol. The third kappa shape index (κ3) is 4.49. The second kappa shape index (κ2) is 8.12. The summed E-state index contributed by atoms with van der Waals surface area (Å²) in [6, 6.07) is 12.6. The van der Waals surface area contributed by atoms with Gasteiger partial charge in [-0.3, -0.25) is 9.59 Å². The van der Waals surface area contributed by atoms with Gasteiger partial charge in [0.1, 0.15) is 5.75 Å². The fourth-order valence-corrected chi connectivity index (χ4v) is 3.10. The van der Waals surface area contributed by atoms with Crippen molar-refractivity contribution in [1.82, 2.24) is 0 Å². The maximum Gasteiger partial charge on any atom is 0.341 e. The minimum atomic E-state index is -1.06. The van der Waals surface area contributed by atoms with Crippen LogP contribution in [0.3, 0.4) is 0 Å². The van der Waals surface area contributed by atoms with Gasteiger partial charge in [0.05, 0.1) is 5.92 Å². The number of aryl methyl sites for hydroxylation is 2. The quantitative estimate of drug-likeness (QED) is 0.801. The fraction of sp³-hybridized carbons (Fsp3) is 0.286. The third-order valence-corrected chi connectivity index (χ3v) is 4.66. The average Bonchev–Trinajstić information content (AvgIpc) is 3.04. The van der Waals surface area contributed by atoms with Crippen LogP contribution in [0.4, 0.5) is 11.4 Å². The number of anilines is 2. The molecule has 2 aromatic rings. The van der Waals surface area contributed by atoms with Gasteiger partial charge in [-0.1, -0.05) is 17.7 Å². The molecule has 7 heteroatoms. The van der Waals surface area contributed by atoms with Crippen LogP contribution in [0.2, 0.25) is 0 Å². The predicted octanol–water partition coefficient (Wildman–Crippen LogP) is 2.76. The fourth-order valence-electron chi connectivity index (χ4n) is 3.10. The van der Waals surface area contributed by atoms with Crippen LogP contribution in [-0.4, -0.2) is 36.0 Å².